The summed E-state index contributed by atoms with van der Waals surface area (Å²) in [6.45, 7) is 1.85. The van der Waals surface area contributed by atoms with Gasteiger partial charge in [0.25, 0.3) is 0 Å². The fourth-order valence-corrected chi connectivity index (χ4v) is 2.72. The smallest absolute Gasteiger partial charge is 0.247 e. The first-order chi connectivity index (χ1) is 9.16. The number of benzene rings is 1. The summed E-state index contributed by atoms with van der Waals surface area (Å²) in [4.78, 5) is 12.1. The summed E-state index contributed by atoms with van der Waals surface area (Å²) in [6.07, 6.45) is 4.71. The van der Waals surface area contributed by atoms with Crippen molar-refractivity contribution in [1.82, 2.24) is 5.32 Å². The lowest BCUT2D eigenvalue weighted by molar-refractivity contribution is -0.117. The number of rotatable bonds is 2. The first-order valence-corrected chi connectivity index (χ1v) is 6.95. The highest BCUT2D eigenvalue weighted by Crippen LogP contribution is 2.34. The lowest BCUT2D eigenvalue weighted by Gasteiger charge is -2.21. The number of hydrogen-bond donors (Lipinski definition) is 1. The predicted molar refractivity (Wildman–Crippen MR) is 73.1 cm³/mol. The molecule has 0 radical (unpaired) electrons. The Morgan fingerprint density at radius 3 is 2.84 bits per heavy atom. The predicted octanol–water partition coefficient (Wildman–Crippen LogP) is 3.21. The monoisotopic (exact) mass is 259 g/mol. The summed E-state index contributed by atoms with van der Waals surface area (Å²) in [5.41, 5.74) is 3.45. The van der Waals surface area contributed by atoms with Crippen molar-refractivity contribution < 1.29 is 9.18 Å². The summed E-state index contributed by atoms with van der Waals surface area (Å²) >= 11 is 0. The average molecular weight is 259 g/mol. The van der Waals surface area contributed by atoms with Crippen LogP contribution in [0.4, 0.5) is 4.39 Å². The zero-order valence-electron chi connectivity index (χ0n) is 11.1. The van der Waals surface area contributed by atoms with E-state index in [9.17, 15) is 9.18 Å². The number of allylic oxidation sites excluding steroid dienone is 1. The summed E-state index contributed by atoms with van der Waals surface area (Å²) < 4.78 is 13.8. The van der Waals surface area contributed by atoms with Gasteiger partial charge in [0.15, 0.2) is 0 Å². The number of carbonyl (C=O) groups excluding carboxylic acids is 1. The standard InChI is InChI=1S/C16H18FNO/c1-10(16(19)18-11-8-9-11)12-4-2-6-14-13(12)5-3-7-15(14)17/h3,5,7,11H,2,4,6,8-9H2,1H3,(H,18,19). The van der Waals surface area contributed by atoms with Crippen LogP contribution >= 0.6 is 0 Å². The van der Waals surface area contributed by atoms with Gasteiger partial charge in [0.05, 0.1) is 0 Å². The minimum atomic E-state index is -0.148. The van der Waals surface area contributed by atoms with E-state index >= 15 is 0 Å². The lowest BCUT2D eigenvalue weighted by Crippen LogP contribution is -2.27. The Labute approximate surface area is 112 Å². The number of halogens is 1. The van der Waals surface area contributed by atoms with Crippen molar-refractivity contribution in [3.8, 4) is 0 Å². The van der Waals surface area contributed by atoms with Gasteiger partial charge < -0.3 is 5.32 Å². The molecule has 0 bridgehead atoms. The lowest BCUT2D eigenvalue weighted by atomic mass is 9.84. The Balaban J connectivity index is 1.97. The van der Waals surface area contributed by atoms with Crippen LogP contribution in [0.3, 0.4) is 0 Å². The summed E-state index contributed by atoms with van der Waals surface area (Å²) in [5.74, 6) is -0.139. The van der Waals surface area contributed by atoms with Crippen LogP contribution < -0.4 is 5.32 Å². The third kappa shape index (κ3) is 2.42. The molecule has 0 unspecified atom stereocenters. The molecule has 0 atom stereocenters. The minimum Gasteiger partial charge on any atom is -0.350 e. The van der Waals surface area contributed by atoms with Crippen molar-refractivity contribution >= 4 is 11.5 Å². The molecule has 19 heavy (non-hydrogen) atoms. The Kier molecular flexibility index (Phi) is 3.13. The van der Waals surface area contributed by atoms with E-state index in [1.807, 2.05) is 13.0 Å². The number of nitrogens with one attached hydrogen (secondary N) is 1. The molecular formula is C16H18FNO. The van der Waals surface area contributed by atoms with Crippen LogP contribution in [0.1, 0.15) is 43.7 Å². The van der Waals surface area contributed by atoms with E-state index in [2.05, 4.69) is 5.32 Å². The Morgan fingerprint density at radius 1 is 1.32 bits per heavy atom. The second kappa shape index (κ2) is 4.80. The highest BCUT2D eigenvalue weighted by molar-refractivity contribution is 6.01. The summed E-state index contributed by atoms with van der Waals surface area (Å²) in [5, 5.41) is 3.01. The van der Waals surface area contributed by atoms with E-state index in [1.165, 1.54) is 6.07 Å². The van der Waals surface area contributed by atoms with E-state index < -0.39 is 0 Å². The molecule has 0 heterocycles. The molecule has 1 aromatic rings. The van der Waals surface area contributed by atoms with Gasteiger partial charge in [-0.2, -0.15) is 0 Å². The molecule has 2 aliphatic rings. The maximum Gasteiger partial charge on any atom is 0.247 e. The van der Waals surface area contributed by atoms with Gasteiger partial charge in [-0.3, -0.25) is 4.79 Å². The maximum absolute atomic E-state index is 13.8. The highest BCUT2D eigenvalue weighted by atomic mass is 19.1. The Morgan fingerprint density at radius 2 is 2.11 bits per heavy atom. The van der Waals surface area contributed by atoms with Crippen LogP contribution in [0.25, 0.3) is 5.57 Å². The molecule has 0 aromatic heterocycles. The zero-order valence-corrected chi connectivity index (χ0v) is 11.1. The van der Waals surface area contributed by atoms with Crippen molar-refractivity contribution in [1.29, 1.82) is 0 Å². The van der Waals surface area contributed by atoms with Gasteiger partial charge in [-0.1, -0.05) is 12.1 Å². The van der Waals surface area contributed by atoms with Crippen molar-refractivity contribution in [2.24, 2.45) is 0 Å². The molecule has 1 fully saturated rings. The first kappa shape index (κ1) is 12.4. The maximum atomic E-state index is 13.8. The highest BCUT2D eigenvalue weighted by Gasteiger charge is 2.26. The van der Waals surface area contributed by atoms with Gasteiger partial charge >= 0.3 is 0 Å². The minimum absolute atomic E-state index is 0.00890. The normalized spacial score (nSPS) is 20.7. The molecule has 2 aliphatic carbocycles. The molecule has 2 nitrogen and oxygen atoms in total. The van der Waals surface area contributed by atoms with E-state index in [0.29, 0.717) is 6.04 Å². The first-order valence-electron chi connectivity index (χ1n) is 6.95. The van der Waals surface area contributed by atoms with Crippen molar-refractivity contribution in [2.45, 2.75) is 45.1 Å². The Hall–Kier alpha value is -1.64. The Bertz CT molecular complexity index is 558. The molecule has 1 aromatic carbocycles. The second-order valence-electron chi connectivity index (χ2n) is 5.47. The molecule has 1 amide bonds. The van der Waals surface area contributed by atoms with Crippen LogP contribution in [-0.2, 0) is 11.2 Å². The van der Waals surface area contributed by atoms with Gasteiger partial charge in [0, 0.05) is 11.6 Å². The van der Waals surface area contributed by atoms with Crippen LogP contribution in [0.15, 0.2) is 23.8 Å². The molecule has 0 aliphatic heterocycles. The third-order valence-corrected chi connectivity index (χ3v) is 4.00. The van der Waals surface area contributed by atoms with E-state index in [4.69, 9.17) is 0 Å². The van der Waals surface area contributed by atoms with Crippen molar-refractivity contribution in [3.63, 3.8) is 0 Å². The fraction of sp³-hybridized carbons (Fsp3) is 0.438. The van der Waals surface area contributed by atoms with Gasteiger partial charge in [-0.15, -0.1) is 0 Å². The quantitative estimate of drug-likeness (QED) is 0.812. The fourth-order valence-electron chi connectivity index (χ4n) is 2.72. The largest absolute Gasteiger partial charge is 0.350 e. The topological polar surface area (TPSA) is 29.1 Å². The second-order valence-corrected chi connectivity index (χ2v) is 5.47. The molecule has 3 rings (SSSR count). The summed E-state index contributed by atoms with van der Waals surface area (Å²) in [6, 6.07) is 5.52. The van der Waals surface area contributed by atoms with Crippen LogP contribution in [0.5, 0.6) is 0 Å². The number of amides is 1. The SMILES string of the molecule is CC(C(=O)NC1CC1)=C1CCCc2c(F)cccc21. The molecular weight excluding hydrogens is 241 g/mol. The van der Waals surface area contributed by atoms with E-state index in [1.54, 1.807) is 6.07 Å². The number of carbonyl (C=O) groups is 1. The van der Waals surface area contributed by atoms with Crippen LogP contribution in [0, 0.1) is 5.82 Å². The van der Waals surface area contributed by atoms with Gasteiger partial charge in [-0.25, -0.2) is 4.39 Å². The molecule has 100 valence electrons. The molecule has 1 N–H and O–H groups in total. The van der Waals surface area contributed by atoms with Crippen molar-refractivity contribution in [3.05, 3.63) is 40.7 Å². The third-order valence-electron chi connectivity index (χ3n) is 4.00. The zero-order chi connectivity index (χ0) is 13.4. The number of fused-ring (bicyclic) bond motifs is 1. The van der Waals surface area contributed by atoms with E-state index in [0.717, 1.165) is 54.4 Å². The van der Waals surface area contributed by atoms with Gasteiger partial charge in [0.2, 0.25) is 5.91 Å². The average Bonchev–Trinajstić information content (AvgIpc) is 3.22. The van der Waals surface area contributed by atoms with Crippen molar-refractivity contribution in [2.75, 3.05) is 0 Å². The molecule has 3 heteroatoms. The summed E-state index contributed by atoms with van der Waals surface area (Å²) in [7, 11) is 0. The number of hydrogen-bond acceptors (Lipinski definition) is 1. The molecule has 0 saturated heterocycles. The molecule has 1 saturated carbocycles. The van der Waals surface area contributed by atoms with Gasteiger partial charge in [-0.05, 0) is 61.8 Å². The molecule has 0 spiro atoms. The van der Waals surface area contributed by atoms with Crippen LogP contribution in [-0.4, -0.2) is 11.9 Å². The van der Waals surface area contributed by atoms with Gasteiger partial charge in [0.1, 0.15) is 5.82 Å². The van der Waals surface area contributed by atoms with Crippen LogP contribution in [0.2, 0.25) is 0 Å². The van der Waals surface area contributed by atoms with E-state index in [-0.39, 0.29) is 11.7 Å².